The average molecular weight is 339 g/mol. The van der Waals surface area contributed by atoms with E-state index in [-0.39, 0.29) is 5.91 Å². The quantitative estimate of drug-likeness (QED) is 0.834. The van der Waals surface area contributed by atoms with Crippen LogP contribution in [-0.4, -0.2) is 46.8 Å². The van der Waals surface area contributed by atoms with Gasteiger partial charge in [-0.25, -0.2) is 4.98 Å². The van der Waals surface area contributed by atoms with Gasteiger partial charge in [0.2, 0.25) is 5.91 Å². The molecule has 6 heteroatoms. The molecule has 2 heterocycles. The summed E-state index contributed by atoms with van der Waals surface area (Å²) in [6.07, 6.45) is 13.1. The van der Waals surface area contributed by atoms with Crippen molar-refractivity contribution in [3.05, 3.63) is 36.0 Å². The Kier molecular flexibility index (Phi) is 4.68. The zero-order valence-electron chi connectivity index (χ0n) is 14.4. The number of amides is 1. The van der Waals surface area contributed by atoms with Gasteiger partial charge in [-0.05, 0) is 56.7 Å². The third kappa shape index (κ3) is 4.00. The van der Waals surface area contributed by atoms with Crippen molar-refractivity contribution in [2.24, 2.45) is 5.10 Å². The van der Waals surface area contributed by atoms with E-state index in [0.717, 1.165) is 29.9 Å². The van der Waals surface area contributed by atoms with Gasteiger partial charge in [-0.15, -0.1) is 0 Å². The van der Waals surface area contributed by atoms with E-state index >= 15 is 0 Å². The largest absolute Gasteiger partial charge is 0.367 e. The van der Waals surface area contributed by atoms with Crippen molar-refractivity contribution >= 4 is 17.4 Å². The van der Waals surface area contributed by atoms with Gasteiger partial charge in [-0.3, -0.25) is 9.80 Å². The molecule has 3 aliphatic rings. The monoisotopic (exact) mass is 339 g/mol. The Morgan fingerprint density at radius 3 is 2.60 bits per heavy atom. The second-order valence-electron chi connectivity index (χ2n) is 7.13. The predicted molar refractivity (Wildman–Crippen MR) is 98.5 cm³/mol. The van der Waals surface area contributed by atoms with Crippen molar-refractivity contribution in [2.75, 3.05) is 18.4 Å². The Balaban J connectivity index is 1.35. The summed E-state index contributed by atoms with van der Waals surface area (Å²) in [5, 5.41) is 12.9. The van der Waals surface area contributed by atoms with E-state index in [0.29, 0.717) is 25.2 Å². The van der Waals surface area contributed by atoms with Gasteiger partial charge in [0.05, 0.1) is 12.3 Å². The lowest BCUT2D eigenvalue weighted by molar-refractivity contribution is -0.123. The summed E-state index contributed by atoms with van der Waals surface area (Å²) in [6, 6.07) is 4.99. The lowest BCUT2D eigenvalue weighted by Crippen LogP contribution is -2.44. The molecule has 0 radical (unpaired) electrons. The van der Waals surface area contributed by atoms with Crippen molar-refractivity contribution in [1.82, 2.24) is 15.3 Å². The number of aromatic nitrogens is 1. The topological polar surface area (TPSA) is 69.6 Å². The van der Waals surface area contributed by atoms with E-state index in [1.807, 2.05) is 35.5 Å². The fourth-order valence-electron chi connectivity index (χ4n) is 3.15. The van der Waals surface area contributed by atoms with Crippen molar-refractivity contribution < 1.29 is 4.79 Å². The molecule has 2 saturated carbocycles. The number of anilines is 1. The second kappa shape index (κ2) is 7.25. The molecule has 2 fully saturated rings. The van der Waals surface area contributed by atoms with E-state index in [9.17, 15) is 4.79 Å². The zero-order chi connectivity index (χ0) is 17.1. The number of carbonyl (C=O) groups is 1. The van der Waals surface area contributed by atoms with Crippen molar-refractivity contribution in [1.29, 1.82) is 0 Å². The molecule has 2 N–H and O–H groups in total. The van der Waals surface area contributed by atoms with Gasteiger partial charge in [0.25, 0.3) is 0 Å². The Hall–Kier alpha value is -2.37. The highest BCUT2D eigenvalue weighted by Gasteiger charge is 2.21. The molecule has 6 nitrogen and oxygen atoms in total. The molecule has 2 aliphatic carbocycles. The van der Waals surface area contributed by atoms with Gasteiger partial charge < -0.3 is 10.6 Å². The van der Waals surface area contributed by atoms with Crippen LogP contribution >= 0.6 is 0 Å². The lowest BCUT2D eigenvalue weighted by atomic mass is 9.93. The Morgan fingerprint density at radius 2 is 1.96 bits per heavy atom. The molecule has 0 saturated heterocycles. The summed E-state index contributed by atoms with van der Waals surface area (Å²) in [6.45, 7) is 0.968. The minimum Gasteiger partial charge on any atom is -0.367 e. The first kappa shape index (κ1) is 16.1. The van der Waals surface area contributed by atoms with Crippen LogP contribution in [0, 0.1) is 0 Å². The van der Waals surface area contributed by atoms with Crippen molar-refractivity contribution in [3.63, 3.8) is 0 Å². The summed E-state index contributed by atoms with van der Waals surface area (Å²) < 4.78 is 0. The number of rotatable bonds is 6. The molecule has 0 bridgehead atoms. The first-order valence-corrected chi connectivity index (χ1v) is 9.29. The van der Waals surface area contributed by atoms with Gasteiger partial charge in [0.15, 0.2) is 0 Å². The number of nitrogens with zero attached hydrogens (tertiary/aromatic N) is 3. The van der Waals surface area contributed by atoms with E-state index in [2.05, 4.69) is 20.7 Å². The molecule has 1 aromatic heterocycles. The molecule has 1 aliphatic heterocycles. The molecule has 25 heavy (non-hydrogen) atoms. The van der Waals surface area contributed by atoms with E-state index in [1.165, 1.54) is 25.7 Å². The standard InChI is InChI=1S/C19H25N5O/c25-19(22-16-6-2-7-16)13-24-11-3-8-17(23-24)14-9-10-18(20-12-14)21-15-4-1-5-15/h3,8-10,12,15-16H,1-2,4-7,11,13H2,(H,20,21)(H,22,25). The Bertz CT molecular complexity index is 674. The molecule has 0 aromatic carbocycles. The normalized spacial score (nSPS) is 20.5. The van der Waals surface area contributed by atoms with Gasteiger partial charge >= 0.3 is 0 Å². The van der Waals surface area contributed by atoms with Crippen LogP contribution in [0.2, 0.25) is 0 Å². The number of pyridine rings is 1. The molecule has 0 atom stereocenters. The van der Waals surface area contributed by atoms with E-state index in [1.54, 1.807) is 0 Å². The first-order chi connectivity index (χ1) is 12.3. The highest BCUT2D eigenvalue weighted by atomic mass is 16.2. The lowest BCUT2D eigenvalue weighted by Gasteiger charge is -2.28. The molecule has 1 amide bonds. The van der Waals surface area contributed by atoms with Crippen molar-refractivity contribution in [2.45, 2.75) is 50.6 Å². The number of hydrazone groups is 1. The maximum absolute atomic E-state index is 12.1. The maximum atomic E-state index is 12.1. The molecule has 0 spiro atoms. The van der Waals surface area contributed by atoms with Crippen LogP contribution in [-0.2, 0) is 4.79 Å². The highest BCUT2D eigenvalue weighted by molar-refractivity contribution is 6.08. The van der Waals surface area contributed by atoms with Crippen LogP contribution in [0.3, 0.4) is 0 Å². The van der Waals surface area contributed by atoms with Crippen LogP contribution in [0.1, 0.15) is 44.1 Å². The molecular formula is C19H25N5O. The van der Waals surface area contributed by atoms with Crippen LogP contribution in [0.4, 0.5) is 5.82 Å². The number of hydrogen-bond acceptors (Lipinski definition) is 5. The fourth-order valence-corrected chi connectivity index (χ4v) is 3.15. The van der Waals surface area contributed by atoms with Crippen LogP contribution in [0.5, 0.6) is 0 Å². The molecule has 0 unspecified atom stereocenters. The number of allylic oxidation sites excluding steroid dienone is 1. The highest BCUT2D eigenvalue weighted by Crippen LogP contribution is 2.22. The predicted octanol–water partition coefficient (Wildman–Crippen LogP) is 2.29. The average Bonchev–Trinajstić information content (AvgIpc) is 2.55. The van der Waals surface area contributed by atoms with Gasteiger partial charge in [-0.1, -0.05) is 6.08 Å². The smallest absolute Gasteiger partial charge is 0.241 e. The zero-order valence-corrected chi connectivity index (χ0v) is 14.4. The van der Waals surface area contributed by atoms with Gasteiger partial charge in [0.1, 0.15) is 12.4 Å². The van der Waals surface area contributed by atoms with E-state index < -0.39 is 0 Å². The molecule has 4 rings (SSSR count). The Morgan fingerprint density at radius 1 is 1.16 bits per heavy atom. The number of hydrogen-bond donors (Lipinski definition) is 2. The third-order valence-corrected chi connectivity index (χ3v) is 5.15. The summed E-state index contributed by atoms with van der Waals surface area (Å²) in [7, 11) is 0. The fraction of sp³-hybridized carbons (Fsp3) is 0.526. The Labute approximate surface area is 148 Å². The SMILES string of the molecule is O=C(CN1CC=CC(c2ccc(NC3CCC3)nc2)=N1)NC1CCC1. The van der Waals surface area contributed by atoms with Crippen LogP contribution in [0.25, 0.3) is 0 Å². The van der Waals surface area contributed by atoms with Crippen LogP contribution < -0.4 is 10.6 Å². The summed E-state index contributed by atoms with van der Waals surface area (Å²) >= 11 is 0. The second-order valence-corrected chi connectivity index (χ2v) is 7.13. The van der Waals surface area contributed by atoms with Gasteiger partial charge in [-0.2, -0.15) is 5.10 Å². The van der Waals surface area contributed by atoms with Gasteiger partial charge in [0, 0.05) is 23.8 Å². The first-order valence-electron chi connectivity index (χ1n) is 9.29. The summed E-state index contributed by atoms with van der Waals surface area (Å²) in [5.41, 5.74) is 1.82. The molecule has 132 valence electrons. The molecule has 1 aromatic rings. The third-order valence-electron chi connectivity index (χ3n) is 5.15. The van der Waals surface area contributed by atoms with E-state index in [4.69, 9.17) is 0 Å². The number of carbonyl (C=O) groups excluding carboxylic acids is 1. The minimum atomic E-state index is 0.0567. The minimum absolute atomic E-state index is 0.0567. The summed E-state index contributed by atoms with van der Waals surface area (Å²) in [5.74, 6) is 0.979. The number of nitrogens with one attached hydrogen (secondary N) is 2. The van der Waals surface area contributed by atoms with Crippen molar-refractivity contribution in [3.8, 4) is 0 Å². The van der Waals surface area contributed by atoms with Crippen LogP contribution in [0.15, 0.2) is 35.6 Å². The molecular weight excluding hydrogens is 314 g/mol. The summed E-state index contributed by atoms with van der Waals surface area (Å²) in [4.78, 5) is 16.6. The maximum Gasteiger partial charge on any atom is 0.241 e.